The van der Waals surface area contributed by atoms with Crippen LogP contribution in [-0.2, 0) is 4.74 Å². The Kier molecular flexibility index (Phi) is 4.95. The number of rotatable bonds is 5. The van der Waals surface area contributed by atoms with Crippen LogP contribution in [0.4, 0.5) is 20.3 Å². The Labute approximate surface area is 137 Å². The first-order chi connectivity index (χ1) is 11.6. The van der Waals surface area contributed by atoms with E-state index in [0.29, 0.717) is 18.1 Å². The standard InChI is InChI=1S/C16H16F2N4O2/c17-12-4-3-10(6-13(12)18)22-15-7-14(20-9-21-15)16(23)19-8-11-2-1-5-24-11/h3-4,6-7,9,11H,1-2,5,8H2,(H,19,23)(H,20,21,22). The highest BCUT2D eigenvalue weighted by molar-refractivity contribution is 5.92. The monoisotopic (exact) mass is 334 g/mol. The minimum absolute atomic E-state index is 0.0376. The molecule has 1 fully saturated rings. The molecule has 1 aromatic heterocycles. The van der Waals surface area contributed by atoms with Gasteiger partial charge in [-0.1, -0.05) is 0 Å². The van der Waals surface area contributed by atoms with Gasteiger partial charge in [-0.05, 0) is 25.0 Å². The van der Waals surface area contributed by atoms with Crippen LogP contribution in [0.3, 0.4) is 0 Å². The highest BCUT2D eigenvalue weighted by Crippen LogP contribution is 2.17. The summed E-state index contributed by atoms with van der Waals surface area (Å²) in [7, 11) is 0. The van der Waals surface area contributed by atoms with Crippen molar-refractivity contribution in [2.45, 2.75) is 18.9 Å². The van der Waals surface area contributed by atoms with Crippen LogP contribution in [0.1, 0.15) is 23.3 Å². The van der Waals surface area contributed by atoms with Gasteiger partial charge in [-0.3, -0.25) is 4.79 Å². The molecule has 1 aliphatic heterocycles. The minimum atomic E-state index is -0.969. The van der Waals surface area contributed by atoms with Crippen LogP contribution in [-0.4, -0.2) is 35.1 Å². The van der Waals surface area contributed by atoms with Crippen molar-refractivity contribution in [2.24, 2.45) is 0 Å². The number of aromatic nitrogens is 2. The number of hydrogen-bond acceptors (Lipinski definition) is 5. The summed E-state index contributed by atoms with van der Waals surface area (Å²) >= 11 is 0. The first-order valence-corrected chi connectivity index (χ1v) is 7.56. The second-order valence-electron chi connectivity index (χ2n) is 5.39. The van der Waals surface area contributed by atoms with E-state index in [2.05, 4.69) is 20.6 Å². The van der Waals surface area contributed by atoms with Crippen molar-refractivity contribution in [2.75, 3.05) is 18.5 Å². The number of nitrogens with one attached hydrogen (secondary N) is 2. The molecule has 1 unspecified atom stereocenters. The third-order valence-corrected chi connectivity index (χ3v) is 3.61. The maximum absolute atomic E-state index is 13.2. The van der Waals surface area contributed by atoms with Crippen LogP contribution in [0.25, 0.3) is 0 Å². The van der Waals surface area contributed by atoms with Gasteiger partial charge < -0.3 is 15.4 Å². The van der Waals surface area contributed by atoms with Crippen molar-refractivity contribution in [3.8, 4) is 0 Å². The molecule has 0 radical (unpaired) electrons. The lowest BCUT2D eigenvalue weighted by Crippen LogP contribution is -2.32. The largest absolute Gasteiger partial charge is 0.376 e. The fraction of sp³-hybridized carbons (Fsp3) is 0.312. The van der Waals surface area contributed by atoms with Gasteiger partial charge in [0, 0.05) is 31.0 Å². The second kappa shape index (κ2) is 7.31. The highest BCUT2D eigenvalue weighted by Gasteiger charge is 2.17. The summed E-state index contributed by atoms with van der Waals surface area (Å²) in [4.78, 5) is 20.0. The average molecular weight is 334 g/mol. The lowest BCUT2D eigenvalue weighted by molar-refractivity contribution is 0.0853. The molecule has 2 N–H and O–H groups in total. The lowest BCUT2D eigenvalue weighted by Gasteiger charge is -2.11. The molecule has 126 valence electrons. The van der Waals surface area contributed by atoms with Crippen LogP contribution in [0.5, 0.6) is 0 Å². The second-order valence-corrected chi connectivity index (χ2v) is 5.39. The molecule has 2 heterocycles. The Morgan fingerprint density at radius 3 is 2.88 bits per heavy atom. The maximum atomic E-state index is 13.2. The summed E-state index contributed by atoms with van der Waals surface area (Å²) in [5, 5.41) is 5.56. The predicted octanol–water partition coefficient (Wildman–Crippen LogP) is 2.41. The van der Waals surface area contributed by atoms with Gasteiger partial charge in [-0.25, -0.2) is 18.7 Å². The van der Waals surface area contributed by atoms with Gasteiger partial charge in [0.05, 0.1) is 6.10 Å². The Hall–Kier alpha value is -2.61. The maximum Gasteiger partial charge on any atom is 0.270 e. The lowest BCUT2D eigenvalue weighted by atomic mass is 10.2. The predicted molar refractivity (Wildman–Crippen MR) is 83.0 cm³/mol. The van der Waals surface area contributed by atoms with Crippen molar-refractivity contribution in [3.05, 3.63) is 47.9 Å². The topological polar surface area (TPSA) is 76.1 Å². The van der Waals surface area contributed by atoms with E-state index in [1.165, 1.54) is 18.5 Å². The van der Waals surface area contributed by atoms with Gasteiger partial charge in [-0.2, -0.15) is 0 Å². The molecule has 1 saturated heterocycles. The first kappa shape index (κ1) is 16.3. The van der Waals surface area contributed by atoms with Crippen molar-refractivity contribution >= 4 is 17.4 Å². The van der Waals surface area contributed by atoms with Gasteiger partial charge in [0.2, 0.25) is 0 Å². The first-order valence-electron chi connectivity index (χ1n) is 7.56. The van der Waals surface area contributed by atoms with Crippen molar-refractivity contribution < 1.29 is 18.3 Å². The molecule has 24 heavy (non-hydrogen) atoms. The fourth-order valence-electron chi connectivity index (χ4n) is 2.37. The number of anilines is 2. The SMILES string of the molecule is O=C(NCC1CCCO1)c1cc(Nc2ccc(F)c(F)c2)ncn1. The van der Waals surface area contributed by atoms with E-state index in [1.807, 2.05) is 0 Å². The van der Waals surface area contributed by atoms with E-state index in [-0.39, 0.29) is 17.7 Å². The summed E-state index contributed by atoms with van der Waals surface area (Å²) in [6.45, 7) is 1.14. The molecular weight excluding hydrogens is 318 g/mol. The minimum Gasteiger partial charge on any atom is -0.376 e. The van der Waals surface area contributed by atoms with Gasteiger partial charge in [0.1, 0.15) is 17.8 Å². The average Bonchev–Trinajstić information content (AvgIpc) is 3.10. The third-order valence-electron chi connectivity index (χ3n) is 3.61. The summed E-state index contributed by atoms with van der Waals surface area (Å²) in [5.74, 6) is -1.94. The van der Waals surface area contributed by atoms with Crippen molar-refractivity contribution in [1.82, 2.24) is 15.3 Å². The molecule has 0 saturated carbocycles. The molecule has 0 spiro atoms. The molecule has 1 aliphatic rings. The zero-order valence-electron chi connectivity index (χ0n) is 12.8. The van der Waals surface area contributed by atoms with E-state index in [0.717, 1.165) is 31.6 Å². The van der Waals surface area contributed by atoms with Crippen molar-refractivity contribution in [3.63, 3.8) is 0 Å². The van der Waals surface area contributed by atoms with E-state index in [1.54, 1.807) is 0 Å². The van der Waals surface area contributed by atoms with E-state index < -0.39 is 11.6 Å². The van der Waals surface area contributed by atoms with Crippen LogP contribution >= 0.6 is 0 Å². The number of carbonyl (C=O) groups excluding carboxylic acids is 1. The van der Waals surface area contributed by atoms with Crippen LogP contribution in [0.2, 0.25) is 0 Å². The summed E-state index contributed by atoms with van der Waals surface area (Å²) in [6.07, 6.45) is 3.18. The Bertz CT molecular complexity index is 736. The van der Waals surface area contributed by atoms with Crippen LogP contribution < -0.4 is 10.6 Å². The van der Waals surface area contributed by atoms with Crippen LogP contribution in [0, 0.1) is 11.6 Å². The summed E-state index contributed by atoms with van der Waals surface area (Å²) < 4.78 is 31.6. The zero-order valence-corrected chi connectivity index (χ0v) is 12.8. The molecule has 8 heteroatoms. The molecule has 1 amide bonds. The molecule has 6 nitrogen and oxygen atoms in total. The Morgan fingerprint density at radius 2 is 2.12 bits per heavy atom. The fourth-order valence-corrected chi connectivity index (χ4v) is 2.37. The molecule has 3 rings (SSSR count). The highest BCUT2D eigenvalue weighted by atomic mass is 19.2. The summed E-state index contributed by atoms with van der Waals surface area (Å²) in [6, 6.07) is 4.83. The number of nitrogens with zero attached hydrogens (tertiary/aromatic N) is 2. The quantitative estimate of drug-likeness (QED) is 0.878. The van der Waals surface area contributed by atoms with Gasteiger partial charge in [0.25, 0.3) is 5.91 Å². The van der Waals surface area contributed by atoms with E-state index in [4.69, 9.17) is 4.74 Å². The van der Waals surface area contributed by atoms with E-state index in [9.17, 15) is 13.6 Å². The van der Waals surface area contributed by atoms with Gasteiger partial charge >= 0.3 is 0 Å². The number of benzene rings is 1. The molecule has 0 bridgehead atoms. The Morgan fingerprint density at radius 1 is 1.25 bits per heavy atom. The number of hydrogen-bond donors (Lipinski definition) is 2. The van der Waals surface area contributed by atoms with Gasteiger partial charge in [0.15, 0.2) is 11.6 Å². The van der Waals surface area contributed by atoms with Crippen LogP contribution in [0.15, 0.2) is 30.6 Å². The number of halogens is 2. The zero-order chi connectivity index (χ0) is 16.9. The molecule has 0 aliphatic carbocycles. The molecule has 1 aromatic carbocycles. The normalized spacial score (nSPS) is 16.8. The number of ether oxygens (including phenoxy) is 1. The van der Waals surface area contributed by atoms with Crippen molar-refractivity contribution in [1.29, 1.82) is 0 Å². The third kappa shape index (κ3) is 4.02. The molecule has 1 atom stereocenters. The molecule has 2 aromatic rings. The Balaban J connectivity index is 1.64. The number of amides is 1. The molecular formula is C16H16F2N4O2. The smallest absolute Gasteiger partial charge is 0.270 e. The van der Waals surface area contributed by atoms with E-state index >= 15 is 0 Å². The number of carbonyl (C=O) groups is 1. The van der Waals surface area contributed by atoms with Gasteiger partial charge in [-0.15, -0.1) is 0 Å². The summed E-state index contributed by atoms with van der Waals surface area (Å²) in [5.41, 5.74) is 0.492.